The Hall–Kier alpha value is -2.94. The van der Waals surface area contributed by atoms with Gasteiger partial charge in [0.1, 0.15) is 0 Å². The lowest BCUT2D eigenvalue weighted by atomic mass is 9.90. The van der Waals surface area contributed by atoms with Crippen LogP contribution in [-0.4, -0.2) is 36.1 Å². The first kappa shape index (κ1) is 30.1. The molecule has 1 heterocycles. The van der Waals surface area contributed by atoms with Crippen LogP contribution in [0.4, 0.5) is 0 Å². The average molecular weight is 504 g/mol. The molecule has 0 bridgehead atoms. The fourth-order valence-corrected chi connectivity index (χ4v) is 4.08. The first-order valence-corrected chi connectivity index (χ1v) is 13.7. The third kappa shape index (κ3) is 10.5. The van der Waals surface area contributed by atoms with E-state index in [9.17, 15) is 0 Å². The number of thioether (sulfide) groups is 1. The van der Waals surface area contributed by atoms with Crippen LogP contribution in [-0.2, 0) is 0 Å². The monoisotopic (exact) mass is 503 g/mol. The Kier molecular flexibility index (Phi) is 15.0. The Morgan fingerprint density at radius 3 is 2.37 bits per heavy atom. The summed E-state index contributed by atoms with van der Waals surface area (Å²) in [4.78, 5) is 0.946. The van der Waals surface area contributed by atoms with E-state index < -0.39 is 0 Å². The number of likely N-dealkylation sites (N-methyl/N-ethyl adjacent to an activating group) is 1. The van der Waals surface area contributed by atoms with Crippen LogP contribution >= 0.6 is 23.7 Å². The molecule has 5 heteroatoms. The van der Waals surface area contributed by atoms with Gasteiger partial charge in [0.15, 0.2) is 0 Å². The van der Waals surface area contributed by atoms with Gasteiger partial charge in [-0.3, -0.25) is 5.01 Å². The molecule has 35 heavy (non-hydrogen) atoms. The van der Waals surface area contributed by atoms with Gasteiger partial charge in [0.2, 0.25) is 0 Å². The van der Waals surface area contributed by atoms with Crippen molar-refractivity contribution in [2.24, 2.45) is 9.50 Å². The molecule has 0 radical (unpaired) electrons. The molecule has 2 aromatic carbocycles. The van der Waals surface area contributed by atoms with Crippen molar-refractivity contribution in [2.45, 2.75) is 33.6 Å². The summed E-state index contributed by atoms with van der Waals surface area (Å²) in [6.07, 6.45) is 12.8. The minimum absolute atomic E-state index is 0.369. The van der Waals surface area contributed by atoms with Crippen LogP contribution in [0.25, 0.3) is 0 Å². The standard InChI is InChI=1S/C17H18N2.C11H13NS2.C2H6/c1-13-8-10-15(11-9-13)17-16(12-19(2)18-17)14-6-4-3-5-7-14;1-5-10(6-2)8-11(7-3)14-12-9-13-4;1-2/h3-11,16H,12H2,1-2H3;1,6-9H,3H2,2,4H3;1-2H3/b;10-6-,11-8+,12-9?;. The number of hydrogen-bond donors (Lipinski definition) is 0. The summed E-state index contributed by atoms with van der Waals surface area (Å²) < 4.78 is 4.10. The number of hydrogen-bond acceptors (Lipinski definition) is 5. The number of nitrogens with zero attached hydrogens (tertiary/aromatic N) is 3. The molecule has 0 N–H and O–H groups in total. The molecule has 184 valence electrons. The molecule has 3 rings (SSSR count). The predicted octanol–water partition coefficient (Wildman–Crippen LogP) is 8.13. The van der Waals surface area contributed by atoms with Crippen LogP contribution in [0.3, 0.4) is 0 Å². The van der Waals surface area contributed by atoms with Crippen molar-refractivity contribution < 1.29 is 0 Å². The second-order valence-electron chi connectivity index (χ2n) is 7.33. The molecule has 1 unspecified atom stereocenters. The molecule has 2 aromatic rings. The van der Waals surface area contributed by atoms with E-state index in [-0.39, 0.29) is 0 Å². The second-order valence-corrected chi connectivity index (χ2v) is 8.88. The van der Waals surface area contributed by atoms with Crippen LogP contribution in [0.2, 0.25) is 0 Å². The molecule has 1 aliphatic heterocycles. The quantitative estimate of drug-likeness (QED) is 0.125. The summed E-state index contributed by atoms with van der Waals surface area (Å²) in [5, 5.41) is 6.73. The van der Waals surface area contributed by atoms with Gasteiger partial charge in [0.25, 0.3) is 0 Å². The molecule has 0 fully saturated rings. The highest BCUT2D eigenvalue weighted by atomic mass is 32.2. The third-order valence-corrected chi connectivity index (χ3v) is 6.04. The summed E-state index contributed by atoms with van der Waals surface area (Å²) in [6.45, 7) is 12.7. The van der Waals surface area contributed by atoms with E-state index >= 15 is 0 Å². The summed E-state index contributed by atoms with van der Waals surface area (Å²) in [5.41, 5.74) is 7.63. The normalized spacial score (nSPS) is 15.4. The lowest BCUT2D eigenvalue weighted by Gasteiger charge is -2.13. The first-order chi connectivity index (χ1) is 17.0. The smallest absolute Gasteiger partial charge is 0.0770 e. The molecule has 1 atom stereocenters. The van der Waals surface area contributed by atoms with Crippen LogP contribution in [0, 0.1) is 19.3 Å². The summed E-state index contributed by atoms with van der Waals surface area (Å²) in [7, 11) is 2.04. The molecular weight excluding hydrogens is 466 g/mol. The van der Waals surface area contributed by atoms with Crippen LogP contribution in [0.5, 0.6) is 0 Å². The van der Waals surface area contributed by atoms with Crippen molar-refractivity contribution in [3.63, 3.8) is 0 Å². The lowest BCUT2D eigenvalue weighted by Crippen LogP contribution is -2.15. The number of hydrazone groups is 1. The zero-order chi connectivity index (χ0) is 26.1. The van der Waals surface area contributed by atoms with E-state index in [4.69, 9.17) is 11.5 Å². The van der Waals surface area contributed by atoms with Crippen molar-refractivity contribution in [1.29, 1.82) is 0 Å². The van der Waals surface area contributed by atoms with Gasteiger partial charge < -0.3 is 0 Å². The minimum Gasteiger partial charge on any atom is -0.299 e. The fraction of sp³-hybridized carbons (Fsp3) is 0.267. The third-order valence-electron chi connectivity index (χ3n) is 4.89. The minimum atomic E-state index is 0.369. The Morgan fingerprint density at radius 2 is 1.83 bits per heavy atom. The van der Waals surface area contributed by atoms with E-state index in [2.05, 4.69) is 78.4 Å². The molecule has 0 aromatic heterocycles. The highest BCUT2D eigenvalue weighted by molar-refractivity contribution is 8.12. The molecule has 0 saturated carbocycles. The summed E-state index contributed by atoms with van der Waals surface area (Å²) in [5.74, 6) is 2.94. The van der Waals surface area contributed by atoms with E-state index in [0.717, 1.165) is 17.0 Å². The SMILES string of the molecule is C#CC(=C/C)/C=C(\C=C)SN=CSC.CC.Cc1ccc(C2=NN(C)CC2c2ccccc2)cc1. The Bertz CT molecular complexity index is 1060. The molecule has 0 saturated heterocycles. The first-order valence-electron chi connectivity index (χ1n) is 11.6. The topological polar surface area (TPSA) is 28.0 Å². The number of benzene rings is 2. The van der Waals surface area contributed by atoms with E-state index in [0.29, 0.717) is 5.92 Å². The number of terminal acetylenes is 1. The Labute approximate surface area is 221 Å². The Morgan fingerprint density at radius 1 is 1.17 bits per heavy atom. The lowest BCUT2D eigenvalue weighted by molar-refractivity contribution is 0.381. The highest BCUT2D eigenvalue weighted by Gasteiger charge is 2.27. The van der Waals surface area contributed by atoms with E-state index in [1.807, 2.05) is 51.2 Å². The maximum atomic E-state index is 5.29. The molecule has 3 nitrogen and oxygen atoms in total. The van der Waals surface area contributed by atoms with Gasteiger partial charge in [-0.05, 0) is 37.3 Å². The van der Waals surface area contributed by atoms with Gasteiger partial charge in [-0.1, -0.05) is 98.7 Å². The molecule has 0 spiro atoms. The van der Waals surface area contributed by atoms with Gasteiger partial charge in [0, 0.05) is 41.9 Å². The maximum absolute atomic E-state index is 5.29. The largest absolute Gasteiger partial charge is 0.299 e. The zero-order valence-corrected chi connectivity index (χ0v) is 23.4. The molecule has 1 aliphatic rings. The van der Waals surface area contributed by atoms with Crippen molar-refractivity contribution in [3.8, 4) is 12.3 Å². The second kappa shape index (κ2) is 17.5. The number of rotatable bonds is 7. The van der Waals surface area contributed by atoms with Crippen molar-refractivity contribution >= 4 is 35.0 Å². The maximum Gasteiger partial charge on any atom is 0.0770 e. The predicted molar refractivity (Wildman–Crippen MR) is 161 cm³/mol. The van der Waals surface area contributed by atoms with E-state index in [1.54, 1.807) is 23.4 Å². The van der Waals surface area contributed by atoms with Crippen LogP contribution in [0.15, 0.2) is 99.4 Å². The van der Waals surface area contributed by atoms with Gasteiger partial charge in [-0.2, -0.15) is 5.10 Å². The summed E-state index contributed by atoms with van der Waals surface area (Å²) in [6, 6.07) is 19.3. The van der Waals surface area contributed by atoms with Crippen molar-refractivity contribution in [3.05, 3.63) is 107 Å². The number of allylic oxidation sites excluding steroid dienone is 4. The molecule has 0 aliphatic carbocycles. The van der Waals surface area contributed by atoms with Gasteiger partial charge in [-0.15, -0.1) is 18.2 Å². The van der Waals surface area contributed by atoms with Crippen molar-refractivity contribution in [2.75, 3.05) is 19.8 Å². The highest BCUT2D eigenvalue weighted by Crippen LogP contribution is 2.28. The summed E-state index contributed by atoms with van der Waals surface area (Å²) >= 11 is 2.92. The van der Waals surface area contributed by atoms with Gasteiger partial charge in [0.05, 0.1) is 11.3 Å². The van der Waals surface area contributed by atoms with Crippen molar-refractivity contribution in [1.82, 2.24) is 5.01 Å². The molecule has 0 amide bonds. The van der Waals surface area contributed by atoms with E-state index in [1.165, 1.54) is 34.3 Å². The molecular formula is C30H37N3S2. The Balaban J connectivity index is 0.000000343. The van der Waals surface area contributed by atoms with Crippen LogP contribution < -0.4 is 0 Å². The number of aryl methyl sites for hydroxylation is 1. The van der Waals surface area contributed by atoms with Crippen LogP contribution in [0.1, 0.15) is 43.4 Å². The average Bonchev–Trinajstić information content (AvgIpc) is 3.30. The zero-order valence-electron chi connectivity index (χ0n) is 21.7. The van der Waals surface area contributed by atoms with Gasteiger partial charge in [-0.25, -0.2) is 4.40 Å². The van der Waals surface area contributed by atoms with Gasteiger partial charge >= 0.3 is 0 Å². The fourth-order valence-electron chi connectivity index (χ4n) is 3.19.